The first-order chi connectivity index (χ1) is 9.31. The molecule has 0 aliphatic rings. The lowest BCUT2D eigenvalue weighted by molar-refractivity contribution is 0.521. The Balaban J connectivity index is 2.49. The van der Waals surface area contributed by atoms with E-state index >= 15 is 0 Å². The molecular weight excluding hydrogens is 290 g/mol. The molecule has 0 aliphatic carbocycles. The van der Waals surface area contributed by atoms with E-state index in [9.17, 15) is 22.0 Å². The fraction of sp³-hybridized carbons (Fsp3) is 0.0833. The van der Waals surface area contributed by atoms with Gasteiger partial charge in [-0.25, -0.2) is 17.2 Å². The minimum Gasteiger partial charge on any atom is -0.325 e. The first-order valence-corrected chi connectivity index (χ1v) is 6.96. The number of hydrogen-bond donors (Lipinski definition) is 2. The SMILES string of the molecule is Cc1ccc(NS(=O)(=O)c2c(F)cccc2F)c(=O)[nH]1. The first-order valence-electron chi connectivity index (χ1n) is 5.48. The number of benzene rings is 1. The molecule has 1 aromatic heterocycles. The van der Waals surface area contributed by atoms with Crippen LogP contribution in [0.25, 0.3) is 0 Å². The van der Waals surface area contributed by atoms with Crippen molar-refractivity contribution >= 4 is 15.7 Å². The molecule has 106 valence electrons. The Labute approximate surface area is 113 Å². The van der Waals surface area contributed by atoms with Crippen LogP contribution < -0.4 is 10.3 Å². The summed E-state index contributed by atoms with van der Waals surface area (Å²) < 4.78 is 52.7. The summed E-state index contributed by atoms with van der Waals surface area (Å²) in [5.74, 6) is -2.47. The Morgan fingerprint density at radius 3 is 2.25 bits per heavy atom. The number of nitrogens with one attached hydrogen (secondary N) is 2. The van der Waals surface area contributed by atoms with E-state index in [4.69, 9.17) is 0 Å². The van der Waals surface area contributed by atoms with Crippen LogP contribution in [0.3, 0.4) is 0 Å². The molecule has 0 aliphatic heterocycles. The molecule has 0 radical (unpaired) electrons. The Morgan fingerprint density at radius 2 is 1.70 bits per heavy atom. The Kier molecular flexibility index (Phi) is 3.58. The predicted molar refractivity (Wildman–Crippen MR) is 69.0 cm³/mol. The molecule has 0 spiro atoms. The number of aryl methyl sites for hydroxylation is 1. The van der Waals surface area contributed by atoms with Crippen LogP contribution in [0.4, 0.5) is 14.5 Å². The lowest BCUT2D eigenvalue weighted by atomic mass is 10.3. The minimum absolute atomic E-state index is 0.321. The third-order valence-corrected chi connectivity index (χ3v) is 3.90. The average Bonchev–Trinajstić information content (AvgIpc) is 2.32. The molecule has 2 aromatic rings. The van der Waals surface area contributed by atoms with Crippen molar-refractivity contribution in [1.29, 1.82) is 0 Å². The molecule has 0 saturated heterocycles. The van der Waals surface area contributed by atoms with Gasteiger partial charge in [-0.15, -0.1) is 0 Å². The smallest absolute Gasteiger partial charge is 0.272 e. The topological polar surface area (TPSA) is 79.0 Å². The number of aromatic nitrogens is 1. The third-order valence-electron chi connectivity index (χ3n) is 2.49. The van der Waals surface area contributed by atoms with Crippen LogP contribution in [-0.4, -0.2) is 13.4 Å². The molecule has 0 fully saturated rings. The molecule has 1 heterocycles. The van der Waals surface area contributed by atoms with Gasteiger partial charge in [0.2, 0.25) is 0 Å². The molecule has 0 atom stereocenters. The maximum absolute atomic E-state index is 13.5. The van der Waals surface area contributed by atoms with E-state index in [1.165, 1.54) is 12.1 Å². The van der Waals surface area contributed by atoms with E-state index in [0.717, 1.165) is 18.2 Å². The summed E-state index contributed by atoms with van der Waals surface area (Å²) in [6.45, 7) is 1.61. The van der Waals surface area contributed by atoms with Crippen LogP contribution >= 0.6 is 0 Å². The van der Waals surface area contributed by atoms with Gasteiger partial charge in [-0.05, 0) is 31.2 Å². The summed E-state index contributed by atoms with van der Waals surface area (Å²) in [4.78, 5) is 12.8. The summed E-state index contributed by atoms with van der Waals surface area (Å²) >= 11 is 0. The van der Waals surface area contributed by atoms with E-state index in [2.05, 4.69) is 4.98 Å². The molecule has 2 rings (SSSR count). The first kappa shape index (κ1) is 14.2. The summed E-state index contributed by atoms with van der Waals surface area (Å²) in [5.41, 5.74) is -0.501. The van der Waals surface area contributed by atoms with Gasteiger partial charge in [0.1, 0.15) is 17.3 Å². The van der Waals surface area contributed by atoms with Crippen molar-refractivity contribution in [1.82, 2.24) is 4.98 Å². The highest BCUT2D eigenvalue weighted by molar-refractivity contribution is 7.92. The zero-order valence-corrected chi connectivity index (χ0v) is 11.1. The molecule has 8 heteroatoms. The van der Waals surface area contributed by atoms with Gasteiger partial charge in [0.15, 0.2) is 4.90 Å². The summed E-state index contributed by atoms with van der Waals surface area (Å²) in [6, 6.07) is 5.35. The minimum atomic E-state index is -4.53. The lowest BCUT2D eigenvalue weighted by Gasteiger charge is -2.09. The predicted octanol–water partition coefficient (Wildman–Crippen LogP) is 1.76. The van der Waals surface area contributed by atoms with Gasteiger partial charge in [0, 0.05) is 5.69 Å². The number of anilines is 1. The molecule has 0 amide bonds. The number of aromatic amines is 1. The van der Waals surface area contributed by atoms with E-state index in [0.29, 0.717) is 5.69 Å². The highest BCUT2D eigenvalue weighted by Gasteiger charge is 2.24. The monoisotopic (exact) mass is 300 g/mol. The van der Waals surface area contributed by atoms with Crippen LogP contribution in [0, 0.1) is 18.6 Å². The molecule has 5 nitrogen and oxygen atoms in total. The molecule has 1 aromatic carbocycles. The second kappa shape index (κ2) is 5.04. The molecular formula is C12H10F2N2O3S. The standard InChI is InChI=1S/C12H10F2N2O3S/c1-7-5-6-10(12(17)15-7)16-20(18,19)11-8(13)3-2-4-9(11)14/h2-6,16H,1H3,(H,15,17). The van der Waals surface area contributed by atoms with Gasteiger partial charge in [0.05, 0.1) is 0 Å². The number of rotatable bonds is 3. The molecule has 2 N–H and O–H groups in total. The van der Waals surface area contributed by atoms with Crippen molar-refractivity contribution in [2.75, 3.05) is 4.72 Å². The summed E-state index contributed by atoms with van der Waals surface area (Å²) in [6.07, 6.45) is 0. The second-order valence-electron chi connectivity index (χ2n) is 4.04. The van der Waals surface area contributed by atoms with Gasteiger partial charge in [-0.1, -0.05) is 6.07 Å². The molecule has 20 heavy (non-hydrogen) atoms. The van der Waals surface area contributed by atoms with Gasteiger partial charge < -0.3 is 4.98 Å². The fourth-order valence-electron chi connectivity index (χ4n) is 1.59. The van der Waals surface area contributed by atoms with E-state index < -0.39 is 32.1 Å². The quantitative estimate of drug-likeness (QED) is 0.906. The average molecular weight is 300 g/mol. The van der Waals surface area contributed by atoms with E-state index in [-0.39, 0.29) is 5.69 Å². The third kappa shape index (κ3) is 2.69. The second-order valence-corrected chi connectivity index (χ2v) is 5.66. The zero-order chi connectivity index (χ0) is 14.9. The Bertz CT molecular complexity index is 795. The fourth-order valence-corrected chi connectivity index (χ4v) is 2.79. The normalized spacial score (nSPS) is 11.3. The zero-order valence-electron chi connectivity index (χ0n) is 10.3. The molecule has 0 bridgehead atoms. The van der Waals surface area contributed by atoms with E-state index in [1.807, 2.05) is 4.72 Å². The van der Waals surface area contributed by atoms with Crippen LogP contribution in [0.5, 0.6) is 0 Å². The molecule has 0 unspecified atom stereocenters. The highest BCUT2D eigenvalue weighted by Crippen LogP contribution is 2.20. The van der Waals surface area contributed by atoms with Crippen LogP contribution in [0.2, 0.25) is 0 Å². The van der Waals surface area contributed by atoms with Crippen LogP contribution in [-0.2, 0) is 10.0 Å². The van der Waals surface area contributed by atoms with Crippen LogP contribution in [0.1, 0.15) is 5.69 Å². The van der Waals surface area contributed by atoms with Gasteiger partial charge in [0.25, 0.3) is 15.6 Å². The number of pyridine rings is 1. The number of H-pyrrole nitrogens is 1. The Hall–Kier alpha value is -2.22. The lowest BCUT2D eigenvalue weighted by Crippen LogP contribution is -2.22. The van der Waals surface area contributed by atoms with E-state index in [1.54, 1.807) is 6.92 Å². The van der Waals surface area contributed by atoms with Crippen molar-refractivity contribution in [2.45, 2.75) is 11.8 Å². The van der Waals surface area contributed by atoms with Crippen molar-refractivity contribution in [3.63, 3.8) is 0 Å². The van der Waals surface area contributed by atoms with Gasteiger partial charge >= 0.3 is 0 Å². The summed E-state index contributed by atoms with van der Waals surface area (Å²) in [7, 11) is -4.53. The van der Waals surface area contributed by atoms with Gasteiger partial charge in [-0.3, -0.25) is 9.52 Å². The Morgan fingerprint density at radius 1 is 1.10 bits per heavy atom. The summed E-state index contributed by atoms with van der Waals surface area (Å²) in [5, 5.41) is 0. The van der Waals surface area contributed by atoms with Crippen molar-refractivity contribution in [3.8, 4) is 0 Å². The largest absolute Gasteiger partial charge is 0.325 e. The number of sulfonamides is 1. The maximum Gasteiger partial charge on any atom is 0.272 e. The van der Waals surface area contributed by atoms with Crippen molar-refractivity contribution in [3.05, 3.63) is 58.0 Å². The highest BCUT2D eigenvalue weighted by atomic mass is 32.2. The van der Waals surface area contributed by atoms with Crippen molar-refractivity contribution < 1.29 is 17.2 Å². The van der Waals surface area contributed by atoms with Crippen LogP contribution in [0.15, 0.2) is 40.0 Å². The number of halogens is 2. The van der Waals surface area contributed by atoms with Crippen molar-refractivity contribution in [2.24, 2.45) is 0 Å². The maximum atomic E-state index is 13.5. The number of hydrogen-bond acceptors (Lipinski definition) is 3. The molecule has 0 saturated carbocycles. The van der Waals surface area contributed by atoms with Gasteiger partial charge in [-0.2, -0.15) is 0 Å².